The van der Waals surface area contributed by atoms with Gasteiger partial charge in [0.1, 0.15) is 5.82 Å². The SMILES string of the molecule is NC(C(=O)NCc1ccc(F)cc1)C1CCN(C(=O)Nc2ccncc2)CC1. The Labute approximate surface area is 163 Å². The molecule has 1 unspecified atom stereocenters. The second-order valence-corrected chi connectivity index (χ2v) is 6.86. The van der Waals surface area contributed by atoms with E-state index in [1.54, 1.807) is 41.6 Å². The zero-order valence-corrected chi connectivity index (χ0v) is 15.5. The predicted molar refractivity (Wildman–Crippen MR) is 104 cm³/mol. The molecule has 1 aromatic carbocycles. The minimum Gasteiger partial charge on any atom is -0.351 e. The molecule has 7 nitrogen and oxygen atoms in total. The predicted octanol–water partition coefficient (Wildman–Crippen LogP) is 2.11. The smallest absolute Gasteiger partial charge is 0.321 e. The quantitative estimate of drug-likeness (QED) is 0.734. The molecule has 148 valence electrons. The number of nitrogens with zero attached hydrogens (tertiary/aromatic N) is 2. The highest BCUT2D eigenvalue weighted by molar-refractivity contribution is 5.89. The van der Waals surface area contributed by atoms with E-state index >= 15 is 0 Å². The van der Waals surface area contributed by atoms with Gasteiger partial charge < -0.3 is 21.3 Å². The number of carbonyl (C=O) groups excluding carboxylic acids is 2. The molecule has 1 aromatic heterocycles. The number of rotatable bonds is 5. The van der Waals surface area contributed by atoms with Crippen LogP contribution >= 0.6 is 0 Å². The van der Waals surface area contributed by atoms with Crippen molar-refractivity contribution in [3.63, 3.8) is 0 Å². The van der Waals surface area contributed by atoms with E-state index < -0.39 is 6.04 Å². The Kier molecular flexibility index (Phi) is 6.54. The lowest BCUT2D eigenvalue weighted by molar-refractivity contribution is -0.124. The molecule has 1 aliphatic rings. The average Bonchev–Trinajstić information content (AvgIpc) is 2.73. The summed E-state index contributed by atoms with van der Waals surface area (Å²) in [5.41, 5.74) is 7.63. The first kappa shape index (κ1) is 19.8. The summed E-state index contributed by atoms with van der Waals surface area (Å²) in [6.45, 7) is 1.39. The van der Waals surface area contributed by atoms with E-state index in [1.807, 2.05) is 0 Å². The maximum Gasteiger partial charge on any atom is 0.321 e. The number of benzene rings is 1. The lowest BCUT2D eigenvalue weighted by Crippen LogP contribution is -2.50. The standard InChI is InChI=1S/C20H24FN5O2/c21-16-3-1-14(2-4-16)13-24-19(27)18(22)15-7-11-26(12-8-15)20(28)25-17-5-9-23-10-6-17/h1-6,9-10,15,18H,7-8,11-13,22H2,(H,24,27)(H,23,25,28). The first-order valence-corrected chi connectivity index (χ1v) is 9.26. The second kappa shape index (κ2) is 9.27. The minimum atomic E-state index is -0.633. The molecular formula is C20H24FN5O2. The van der Waals surface area contributed by atoms with Crippen molar-refractivity contribution in [1.29, 1.82) is 0 Å². The Hall–Kier alpha value is -3.00. The van der Waals surface area contributed by atoms with Crippen molar-refractivity contribution in [2.45, 2.75) is 25.4 Å². The van der Waals surface area contributed by atoms with Crippen LogP contribution in [0.1, 0.15) is 18.4 Å². The van der Waals surface area contributed by atoms with Crippen molar-refractivity contribution >= 4 is 17.6 Å². The number of pyridine rings is 1. The number of hydrogen-bond donors (Lipinski definition) is 3. The van der Waals surface area contributed by atoms with Crippen LogP contribution in [0.3, 0.4) is 0 Å². The second-order valence-electron chi connectivity index (χ2n) is 6.86. The number of nitrogens with one attached hydrogen (secondary N) is 2. The largest absolute Gasteiger partial charge is 0.351 e. The highest BCUT2D eigenvalue weighted by Crippen LogP contribution is 2.21. The highest BCUT2D eigenvalue weighted by atomic mass is 19.1. The Morgan fingerprint density at radius 1 is 1.14 bits per heavy atom. The van der Waals surface area contributed by atoms with Gasteiger partial charge in [0.25, 0.3) is 0 Å². The fraction of sp³-hybridized carbons (Fsp3) is 0.350. The number of urea groups is 1. The van der Waals surface area contributed by atoms with E-state index in [9.17, 15) is 14.0 Å². The Bertz CT molecular complexity index is 792. The first-order chi connectivity index (χ1) is 13.5. The molecule has 3 amide bonds. The van der Waals surface area contributed by atoms with Crippen molar-refractivity contribution in [3.05, 3.63) is 60.2 Å². The van der Waals surface area contributed by atoms with Gasteiger partial charge in [-0.05, 0) is 48.6 Å². The normalized spacial score (nSPS) is 15.7. The molecule has 2 aromatic rings. The molecule has 0 radical (unpaired) electrons. The molecule has 0 aliphatic carbocycles. The third kappa shape index (κ3) is 5.26. The number of hydrogen-bond acceptors (Lipinski definition) is 4. The van der Waals surface area contributed by atoms with Gasteiger partial charge in [0.05, 0.1) is 6.04 Å². The third-order valence-electron chi connectivity index (χ3n) is 4.95. The van der Waals surface area contributed by atoms with Gasteiger partial charge in [0.15, 0.2) is 0 Å². The Morgan fingerprint density at radius 2 is 1.79 bits per heavy atom. The summed E-state index contributed by atoms with van der Waals surface area (Å²) in [6, 6.07) is 8.62. The number of anilines is 1. The third-order valence-corrected chi connectivity index (χ3v) is 4.95. The van der Waals surface area contributed by atoms with E-state index in [2.05, 4.69) is 15.6 Å². The number of nitrogens with two attached hydrogens (primary N) is 1. The Morgan fingerprint density at radius 3 is 2.43 bits per heavy atom. The molecule has 3 rings (SSSR count). The maximum absolute atomic E-state index is 12.9. The summed E-state index contributed by atoms with van der Waals surface area (Å²) < 4.78 is 12.9. The van der Waals surface area contributed by atoms with E-state index in [0.717, 1.165) is 5.56 Å². The molecule has 1 fully saturated rings. The van der Waals surface area contributed by atoms with Crippen LogP contribution in [0.4, 0.5) is 14.9 Å². The lowest BCUT2D eigenvalue weighted by Gasteiger charge is -2.34. The summed E-state index contributed by atoms with van der Waals surface area (Å²) in [6.07, 6.45) is 4.56. The monoisotopic (exact) mass is 385 g/mol. The van der Waals surface area contributed by atoms with Crippen LogP contribution < -0.4 is 16.4 Å². The molecule has 4 N–H and O–H groups in total. The number of amides is 3. The summed E-state index contributed by atoms with van der Waals surface area (Å²) in [5, 5.41) is 5.63. The van der Waals surface area contributed by atoms with Gasteiger partial charge in [0, 0.05) is 37.7 Å². The van der Waals surface area contributed by atoms with Gasteiger partial charge in [-0.3, -0.25) is 9.78 Å². The van der Waals surface area contributed by atoms with Crippen LogP contribution in [0.15, 0.2) is 48.8 Å². The summed E-state index contributed by atoms with van der Waals surface area (Å²) in [4.78, 5) is 30.3. The van der Waals surface area contributed by atoms with Gasteiger partial charge >= 0.3 is 6.03 Å². The van der Waals surface area contributed by atoms with Crippen molar-refractivity contribution in [2.24, 2.45) is 11.7 Å². The van der Waals surface area contributed by atoms with E-state index in [4.69, 9.17) is 5.73 Å². The first-order valence-electron chi connectivity index (χ1n) is 9.26. The van der Waals surface area contributed by atoms with Crippen molar-refractivity contribution in [3.8, 4) is 0 Å². The minimum absolute atomic E-state index is 0.0122. The van der Waals surface area contributed by atoms with Crippen LogP contribution in [0, 0.1) is 11.7 Å². The average molecular weight is 385 g/mol. The molecule has 1 aliphatic heterocycles. The summed E-state index contributed by atoms with van der Waals surface area (Å²) >= 11 is 0. The lowest BCUT2D eigenvalue weighted by atomic mass is 9.89. The number of carbonyl (C=O) groups is 2. The topological polar surface area (TPSA) is 100 Å². The molecule has 1 atom stereocenters. The summed E-state index contributed by atoms with van der Waals surface area (Å²) in [7, 11) is 0. The number of likely N-dealkylation sites (tertiary alicyclic amines) is 1. The van der Waals surface area contributed by atoms with E-state index in [1.165, 1.54) is 12.1 Å². The van der Waals surface area contributed by atoms with Crippen LogP contribution in [-0.4, -0.2) is 41.0 Å². The molecule has 8 heteroatoms. The van der Waals surface area contributed by atoms with E-state index in [-0.39, 0.29) is 23.7 Å². The van der Waals surface area contributed by atoms with Crippen molar-refractivity contribution in [2.75, 3.05) is 18.4 Å². The molecule has 2 heterocycles. The van der Waals surface area contributed by atoms with Gasteiger partial charge in [-0.25, -0.2) is 9.18 Å². The van der Waals surface area contributed by atoms with Crippen LogP contribution in [-0.2, 0) is 11.3 Å². The van der Waals surface area contributed by atoms with Crippen molar-refractivity contribution < 1.29 is 14.0 Å². The molecule has 0 saturated carbocycles. The Balaban J connectivity index is 1.43. The van der Waals surface area contributed by atoms with Crippen LogP contribution in [0.25, 0.3) is 0 Å². The van der Waals surface area contributed by atoms with Crippen LogP contribution in [0.2, 0.25) is 0 Å². The molecule has 28 heavy (non-hydrogen) atoms. The van der Waals surface area contributed by atoms with Gasteiger partial charge in [0.2, 0.25) is 5.91 Å². The number of aromatic nitrogens is 1. The molecule has 0 bridgehead atoms. The van der Waals surface area contributed by atoms with E-state index in [0.29, 0.717) is 38.2 Å². The number of piperidine rings is 1. The highest BCUT2D eigenvalue weighted by Gasteiger charge is 2.30. The van der Waals surface area contributed by atoms with Gasteiger partial charge in [-0.1, -0.05) is 12.1 Å². The maximum atomic E-state index is 12.9. The fourth-order valence-electron chi connectivity index (χ4n) is 3.22. The zero-order chi connectivity index (χ0) is 19.9. The molecule has 1 saturated heterocycles. The van der Waals surface area contributed by atoms with Crippen molar-refractivity contribution in [1.82, 2.24) is 15.2 Å². The molecule has 0 spiro atoms. The van der Waals surface area contributed by atoms with Gasteiger partial charge in [-0.15, -0.1) is 0 Å². The van der Waals surface area contributed by atoms with Crippen LogP contribution in [0.5, 0.6) is 0 Å². The molecular weight excluding hydrogens is 361 g/mol. The zero-order valence-electron chi connectivity index (χ0n) is 15.5. The fourth-order valence-corrected chi connectivity index (χ4v) is 3.22. The summed E-state index contributed by atoms with van der Waals surface area (Å²) in [5.74, 6) is -0.534. The number of halogens is 1. The van der Waals surface area contributed by atoms with Gasteiger partial charge in [-0.2, -0.15) is 0 Å².